The lowest BCUT2D eigenvalue weighted by Crippen LogP contribution is -2.40. The van der Waals surface area contributed by atoms with Crippen LogP contribution in [0.1, 0.15) is 96.5 Å². The second kappa shape index (κ2) is 24.4. The van der Waals surface area contributed by atoms with Gasteiger partial charge < -0.3 is 45.0 Å². The van der Waals surface area contributed by atoms with Crippen molar-refractivity contribution < 1.29 is 33.4 Å². The lowest BCUT2D eigenvalue weighted by atomic mass is 9.92. The predicted molar refractivity (Wildman–Crippen MR) is 256 cm³/mol. The number of hydrogen-bond donors (Lipinski definition) is 4. The summed E-state index contributed by atoms with van der Waals surface area (Å²) in [5, 5.41) is 5.28. The molecule has 15 heteroatoms. The Hall–Kier alpha value is -6.74. The molecule has 0 aliphatic carbocycles. The normalized spacial score (nSPS) is 12.6. The van der Waals surface area contributed by atoms with Crippen molar-refractivity contribution in [2.24, 2.45) is 11.7 Å². The molecule has 4 aromatic carbocycles. The zero-order valence-corrected chi connectivity index (χ0v) is 38.2. The second-order valence-electron chi connectivity index (χ2n) is 15.9. The Morgan fingerprint density at radius 2 is 1.66 bits per heavy atom. The minimum atomic E-state index is -0.745. The number of carbonyl (C=O) groups is 4. The van der Waals surface area contributed by atoms with E-state index in [1.54, 1.807) is 0 Å². The Balaban J connectivity index is 0.000000845. The molecule has 1 aliphatic rings. The highest BCUT2D eigenvalue weighted by molar-refractivity contribution is 6.07. The number of H-pyrrole nitrogens is 2. The van der Waals surface area contributed by atoms with Gasteiger partial charge in [0.25, 0.3) is 6.47 Å². The molecule has 15 nitrogen and oxygen atoms in total. The van der Waals surface area contributed by atoms with Gasteiger partial charge in [-0.15, -0.1) is 0 Å². The Morgan fingerprint density at radius 1 is 0.938 bits per heavy atom. The SMILES string of the molecule is C.CCCN(Cc1nc2c(ccc3cc4c(cc32)OCc2cc(-c3cnc(CN(C(=O)CC(C)CC)[C@@H](C)CC)[nH]3)ccc2-4)[nH]1)C(=O)C(NC)c1ccccc1.COC(N)=O.COC=O. The molecule has 6 aromatic rings. The first-order valence-electron chi connectivity index (χ1n) is 21.8. The van der Waals surface area contributed by atoms with Gasteiger partial charge in [0, 0.05) is 30.0 Å². The maximum absolute atomic E-state index is 13.8. The number of rotatable bonds is 16. The third-order valence-electron chi connectivity index (χ3n) is 11.4. The number of nitrogens with one attached hydrogen (secondary N) is 3. The minimum Gasteiger partial charge on any atom is -0.488 e. The zero-order valence-electron chi connectivity index (χ0n) is 38.2. The van der Waals surface area contributed by atoms with Gasteiger partial charge in [-0.05, 0) is 84.6 Å². The summed E-state index contributed by atoms with van der Waals surface area (Å²) in [6.07, 6.45) is 4.38. The van der Waals surface area contributed by atoms with Crippen LogP contribution in [0.2, 0.25) is 0 Å². The first kappa shape index (κ1) is 50.9. The molecule has 65 heavy (non-hydrogen) atoms. The Bertz CT molecular complexity index is 2500. The van der Waals surface area contributed by atoms with E-state index in [9.17, 15) is 14.4 Å². The van der Waals surface area contributed by atoms with Gasteiger partial charge >= 0.3 is 6.09 Å². The number of carbonyl (C=O) groups excluding carboxylic acids is 4. The van der Waals surface area contributed by atoms with Crippen LogP contribution in [0.5, 0.6) is 5.75 Å². The standard InChI is InChI=1S/C45H53N7O3.C2H5NO2.C2H4O2.CH4/c1-7-19-51(45(54)43(46-6)30-13-11-10-12-14-30)25-41-48-37-18-16-31-22-36-34-17-15-32(21-33(34)27-55-39(36)23-35(31)44(37)50-41)38-24-47-40(49-38)26-52(29(5)9-3)42(53)20-28(4)8-2;1-5-2(3)4;1-4-2-3;/h10-18,21-24,28-29,43,46H,7-9,19-20,25-27H2,1-6H3,(H,47,49)(H,48,50);1H3,(H2,3,4);2H,1H3;1H4/t28?,29-,43?;;;/m0.../s1. The van der Waals surface area contributed by atoms with Crippen LogP contribution < -0.4 is 15.8 Å². The smallest absolute Gasteiger partial charge is 0.404 e. The fraction of sp³-hybridized carbons (Fsp3) is 0.400. The van der Waals surface area contributed by atoms with E-state index in [2.05, 4.69) is 113 Å². The van der Waals surface area contributed by atoms with Gasteiger partial charge in [0.2, 0.25) is 11.8 Å². The van der Waals surface area contributed by atoms with Crippen LogP contribution in [-0.4, -0.2) is 88.0 Å². The topological polar surface area (TPSA) is 198 Å². The van der Waals surface area contributed by atoms with Crippen LogP contribution in [0.3, 0.4) is 0 Å². The minimum absolute atomic E-state index is 0. The summed E-state index contributed by atoms with van der Waals surface area (Å²) in [7, 11) is 4.36. The highest BCUT2D eigenvalue weighted by Gasteiger charge is 2.26. The highest BCUT2D eigenvalue weighted by atomic mass is 16.5. The lowest BCUT2D eigenvalue weighted by Gasteiger charge is -2.29. The van der Waals surface area contributed by atoms with Crippen LogP contribution in [0, 0.1) is 5.92 Å². The van der Waals surface area contributed by atoms with Crippen LogP contribution in [0.4, 0.5) is 4.79 Å². The molecule has 3 heterocycles. The summed E-state index contributed by atoms with van der Waals surface area (Å²) in [5.74, 6) is 2.91. The number of benzene rings is 4. The van der Waals surface area contributed by atoms with Gasteiger partial charge in [0.15, 0.2) is 0 Å². The molecule has 348 valence electrons. The molecule has 7 rings (SSSR count). The number of aromatic amines is 2. The first-order valence-corrected chi connectivity index (χ1v) is 21.8. The number of primary amides is 1. The van der Waals surface area contributed by atoms with Crippen molar-refractivity contribution in [1.82, 2.24) is 35.1 Å². The molecule has 0 saturated carbocycles. The number of hydrogen-bond acceptors (Lipinski definition) is 10. The number of ether oxygens (including phenoxy) is 3. The van der Waals surface area contributed by atoms with Gasteiger partial charge in [-0.25, -0.2) is 14.8 Å². The van der Waals surface area contributed by atoms with E-state index in [4.69, 9.17) is 14.5 Å². The highest BCUT2D eigenvalue weighted by Crippen LogP contribution is 2.42. The lowest BCUT2D eigenvalue weighted by molar-refractivity contribution is -0.135. The van der Waals surface area contributed by atoms with Crippen molar-refractivity contribution in [2.75, 3.05) is 27.8 Å². The summed E-state index contributed by atoms with van der Waals surface area (Å²) in [4.78, 5) is 65.9. The molecule has 0 spiro atoms. The van der Waals surface area contributed by atoms with Crippen LogP contribution in [0.25, 0.3) is 44.2 Å². The van der Waals surface area contributed by atoms with Crippen LogP contribution in [0.15, 0.2) is 79.0 Å². The molecular weight excluding hydrogens is 825 g/mol. The average Bonchev–Trinajstić information content (AvgIpc) is 3.97. The number of fused-ring (bicyclic) bond motifs is 6. The fourth-order valence-corrected chi connectivity index (χ4v) is 7.58. The van der Waals surface area contributed by atoms with Gasteiger partial charge in [-0.1, -0.05) is 90.1 Å². The monoisotopic (exact) mass is 891 g/mol. The molecule has 5 N–H and O–H groups in total. The molecule has 0 fully saturated rings. The van der Waals surface area contributed by atoms with Gasteiger partial charge in [0.05, 0.1) is 50.2 Å². The van der Waals surface area contributed by atoms with Crippen LogP contribution in [-0.2, 0) is 43.6 Å². The Labute approximate surface area is 382 Å². The van der Waals surface area contributed by atoms with Crippen molar-refractivity contribution in [1.29, 1.82) is 0 Å². The van der Waals surface area contributed by atoms with E-state index in [0.717, 1.165) is 92.0 Å². The van der Waals surface area contributed by atoms with Gasteiger partial charge in [0.1, 0.15) is 30.0 Å². The molecular formula is C50H66N8O7. The van der Waals surface area contributed by atoms with E-state index in [1.807, 2.05) is 53.4 Å². The average molecular weight is 891 g/mol. The second-order valence-corrected chi connectivity index (χ2v) is 15.9. The maximum Gasteiger partial charge on any atom is 0.404 e. The van der Waals surface area contributed by atoms with Crippen molar-refractivity contribution in [3.63, 3.8) is 0 Å². The van der Waals surface area contributed by atoms with Crippen LogP contribution >= 0.6 is 0 Å². The fourth-order valence-electron chi connectivity index (χ4n) is 7.58. The third-order valence-corrected chi connectivity index (χ3v) is 11.4. The number of methoxy groups -OCH3 is 2. The Kier molecular flexibility index (Phi) is 19.1. The number of amides is 3. The molecule has 1 aliphatic heterocycles. The van der Waals surface area contributed by atoms with Gasteiger partial charge in [-0.2, -0.15) is 0 Å². The van der Waals surface area contributed by atoms with E-state index in [1.165, 1.54) is 14.2 Å². The molecule has 0 radical (unpaired) electrons. The summed E-state index contributed by atoms with van der Waals surface area (Å²) in [6.45, 7) is 12.9. The van der Waals surface area contributed by atoms with E-state index in [0.29, 0.717) is 45.1 Å². The molecule has 3 atom stereocenters. The number of aromatic nitrogens is 4. The number of nitrogens with zero attached hydrogens (tertiary/aromatic N) is 4. The summed E-state index contributed by atoms with van der Waals surface area (Å²) >= 11 is 0. The molecule has 2 aromatic heterocycles. The van der Waals surface area contributed by atoms with Crippen molar-refractivity contribution in [3.8, 4) is 28.1 Å². The number of imidazole rings is 2. The first-order chi connectivity index (χ1) is 30.9. The summed E-state index contributed by atoms with van der Waals surface area (Å²) in [6, 6.07) is 24.5. The molecule has 3 amide bonds. The van der Waals surface area contributed by atoms with E-state index < -0.39 is 12.1 Å². The maximum atomic E-state index is 13.8. The van der Waals surface area contributed by atoms with Crippen molar-refractivity contribution in [2.45, 2.75) is 99.5 Å². The summed E-state index contributed by atoms with van der Waals surface area (Å²) < 4.78 is 14.2. The molecule has 0 saturated heterocycles. The van der Waals surface area contributed by atoms with E-state index >= 15 is 0 Å². The van der Waals surface area contributed by atoms with E-state index in [-0.39, 0.29) is 25.3 Å². The molecule has 2 unspecified atom stereocenters. The quantitative estimate of drug-likeness (QED) is 0.0680. The number of nitrogens with two attached hydrogens (primary N) is 1. The predicted octanol–water partition coefficient (Wildman–Crippen LogP) is 9.07. The van der Waals surface area contributed by atoms with Crippen molar-refractivity contribution >= 4 is 46.2 Å². The molecule has 0 bridgehead atoms. The van der Waals surface area contributed by atoms with Crippen molar-refractivity contribution in [3.05, 3.63) is 102 Å². The van der Waals surface area contributed by atoms with Gasteiger partial charge in [-0.3, -0.25) is 14.4 Å². The largest absolute Gasteiger partial charge is 0.488 e. The number of likely N-dealkylation sites (N-methyl/N-ethyl adjacent to an activating group) is 1. The Morgan fingerprint density at radius 3 is 2.29 bits per heavy atom. The summed E-state index contributed by atoms with van der Waals surface area (Å²) in [5.41, 5.74) is 12.4. The zero-order chi connectivity index (χ0) is 46.3. The third kappa shape index (κ3) is 12.7.